The first-order valence-electron chi connectivity index (χ1n) is 17.1. The number of hydrogen-bond acceptors (Lipinski definition) is 10. The second-order valence-corrected chi connectivity index (χ2v) is 13.3. The van der Waals surface area contributed by atoms with Crippen molar-refractivity contribution in [1.82, 2.24) is 20.6 Å². The van der Waals surface area contributed by atoms with E-state index in [1.165, 1.54) is 0 Å². The molecule has 1 aliphatic carbocycles. The third-order valence-electron chi connectivity index (χ3n) is 9.67. The van der Waals surface area contributed by atoms with Crippen LogP contribution >= 0.6 is 0 Å². The zero-order chi connectivity index (χ0) is 33.9. The number of anilines is 1. The minimum atomic E-state index is -0.465. The van der Waals surface area contributed by atoms with Crippen LogP contribution < -0.4 is 21.3 Å². The van der Waals surface area contributed by atoms with Crippen molar-refractivity contribution in [3.63, 3.8) is 0 Å². The molecule has 12 heteroatoms. The Morgan fingerprint density at radius 1 is 1.17 bits per heavy atom. The van der Waals surface area contributed by atoms with Crippen LogP contribution in [-0.2, 0) is 14.4 Å². The lowest BCUT2D eigenvalue weighted by Crippen LogP contribution is -2.48. The van der Waals surface area contributed by atoms with Crippen molar-refractivity contribution in [2.75, 3.05) is 78.6 Å². The standard InChI is InChI=1S/C35H56N6O6/c1-5-24-23-47-41(32(24)34(36)44)21-25-9-8-11-31(33(25)46-4)26-17-27(19-30(18-26)40(13-15-42)14-16-43)35(45)38-29(22-39(2)3)20-28-10-6-7-12-37-28/h6-7,10,17-19,24-25,29,31-33,37,42-43H,5,8-9,11-16,20-23H2,1-4H3,(H2,36,44)(H,38,45)/t24?,25?,29-,31?,32-,33?/m0/s1. The number of nitrogens with two attached hydrogens (primary N) is 1. The van der Waals surface area contributed by atoms with Crippen LogP contribution in [0.3, 0.4) is 0 Å². The summed E-state index contributed by atoms with van der Waals surface area (Å²) >= 11 is 0. The lowest BCUT2D eigenvalue weighted by atomic mass is 9.74. The molecule has 1 saturated carbocycles. The van der Waals surface area contributed by atoms with Crippen molar-refractivity contribution in [2.45, 2.75) is 63.1 Å². The summed E-state index contributed by atoms with van der Waals surface area (Å²) < 4.78 is 6.20. The van der Waals surface area contributed by atoms with Gasteiger partial charge in [-0.15, -0.1) is 0 Å². The Hall–Kier alpha value is -3.00. The van der Waals surface area contributed by atoms with E-state index in [1.54, 1.807) is 12.2 Å². The zero-order valence-electron chi connectivity index (χ0n) is 28.6. The molecule has 0 bridgehead atoms. The SMILES string of the molecule is CCC1CON(CC2CCCC(c3cc(C(=O)N[C@@H](CC4=CC=CCN4)CN(C)C)cc(N(CCO)CCO)c3)C2OC)[C@@H]1C(N)=O. The normalized spacial score (nSPS) is 25.3. The molecule has 2 heterocycles. The average molecular weight is 657 g/mol. The van der Waals surface area contributed by atoms with Crippen LogP contribution in [0.5, 0.6) is 0 Å². The van der Waals surface area contributed by atoms with Gasteiger partial charge in [0.25, 0.3) is 5.91 Å². The predicted octanol–water partition coefficient (Wildman–Crippen LogP) is 1.60. The molecular formula is C35H56N6O6. The summed E-state index contributed by atoms with van der Waals surface area (Å²) in [4.78, 5) is 36.4. The molecule has 1 aromatic rings. The van der Waals surface area contributed by atoms with Gasteiger partial charge in [-0.05, 0) is 63.2 Å². The summed E-state index contributed by atoms with van der Waals surface area (Å²) in [7, 11) is 5.71. The number of aliphatic hydroxyl groups excluding tert-OH is 2. The predicted molar refractivity (Wildman–Crippen MR) is 183 cm³/mol. The molecule has 6 N–H and O–H groups in total. The Morgan fingerprint density at radius 3 is 2.55 bits per heavy atom. The van der Waals surface area contributed by atoms with E-state index in [2.05, 4.69) is 27.7 Å². The van der Waals surface area contributed by atoms with Gasteiger partial charge < -0.3 is 41.1 Å². The molecule has 4 unspecified atom stereocenters. The third-order valence-corrected chi connectivity index (χ3v) is 9.67. The van der Waals surface area contributed by atoms with Gasteiger partial charge in [-0.3, -0.25) is 14.4 Å². The fourth-order valence-corrected chi connectivity index (χ4v) is 7.43. The lowest BCUT2D eigenvalue weighted by molar-refractivity contribution is -0.163. The highest BCUT2D eigenvalue weighted by molar-refractivity contribution is 5.95. The molecule has 2 aliphatic heterocycles. The summed E-state index contributed by atoms with van der Waals surface area (Å²) in [5.74, 6) is -0.425. The van der Waals surface area contributed by atoms with Gasteiger partial charge in [-0.2, -0.15) is 5.06 Å². The van der Waals surface area contributed by atoms with Crippen molar-refractivity contribution in [3.8, 4) is 0 Å². The van der Waals surface area contributed by atoms with Gasteiger partial charge in [0.1, 0.15) is 6.04 Å². The summed E-state index contributed by atoms with van der Waals surface area (Å²) in [6.45, 7) is 4.95. The van der Waals surface area contributed by atoms with Crippen molar-refractivity contribution < 1.29 is 29.4 Å². The molecule has 0 radical (unpaired) electrons. The molecular weight excluding hydrogens is 600 g/mol. The smallest absolute Gasteiger partial charge is 0.251 e. The maximum Gasteiger partial charge on any atom is 0.251 e. The van der Waals surface area contributed by atoms with E-state index in [-0.39, 0.29) is 54.9 Å². The molecule has 2 fully saturated rings. The van der Waals surface area contributed by atoms with Crippen LogP contribution in [-0.4, -0.2) is 124 Å². The minimum Gasteiger partial charge on any atom is -0.395 e. The largest absolute Gasteiger partial charge is 0.395 e. The van der Waals surface area contributed by atoms with Gasteiger partial charge in [0, 0.05) is 87.0 Å². The number of nitrogens with zero attached hydrogens (tertiary/aromatic N) is 3. The third kappa shape index (κ3) is 9.77. The van der Waals surface area contributed by atoms with Gasteiger partial charge in [-0.25, -0.2) is 0 Å². The number of dihydropyridines is 1. The first-order valence-corrected chi connectivity index (χ1v) is 17.1. The number of hydroxylamine groups is 2. The van der Waals surface area contributed by atoms with Gasteiger partial charge >= 0.3 is 0 Å². The number of rotatable bonds is 17. The van der Waals surface area contributed by atoms with Gasteiger partial charge in [0.05, 0.1) is 25.9 Å². The lowest BCUT2D eigenvalue weighted by Gasteiger charge is -2.40. The molecule has 4 rings (SSSR count). The number of aliphatic hydroxyl groups is 2. The summed E-state index contributed by atoms with van der Waals surface area (Å²) in [6, 6.07) is 5.28. The van der Waals surface area contributed by atoms with Crippen molar-refractivity contribution in [3.05, 3.63) is 53.3 Å². The number of carbonyl (C=O) groups excluding carboxylic acids is 2. The molecule has 0 spiro atoms. The van der Waals surface area contributed by atoms with Gasteiger partial charge in [0.15, 0.2) is 0 Å². The number of primary amides is 1. The quantitative estimate of drug-likeness (QED) is 0.167. The molecule has 47 heavy (non-hydrogen) atoms. The molecule has 1 aromatic carbocycles. The number of nitrogens with one attached hydrogen (secondary N) is 2. The topological polar surface area (TPSA) is 153 Å². The Labute approximate surface area is 279 Å². The first-order chi connectivity index (χ1) is 22.7. The Balaban J connectivity index is 1.64. The van der Waals surface area contributed by atoms with Gasteiger partial charge in [0.2, 0.25) is 5.91 Å². The molecule has 0 aromatic heterocycles. The number of carbonyl (C=O) groups is 2. The molecule has 2 amide bonds. The molecule has 3 aliphatic rings. The van der Waals surface area contributed by atoms with Gasteiger partial charge in [-0.1, -0.05) is 25.5 Å². The molecule has 12 nitrogen and oxygen atoms in total. The highest BCUT2D eigenvalue weighted by Crippen LogP contribution is 2.41. The number of allylic oxidation sites excluding steroid dienone is 2. The number of likely N-dealkylation sites (N-methyl/N-ethyl adjacent to an activating group) is 1. The molecule has 262 valence electrons. The summed E-state index contributed by atoms with van der Waals surface area (Å²) in [5, 5.41) is 28.1. The number of amides is 2. The van der Waals surface area contributed by atoms with E-state index in [0.29, 0.717) is 44.8 Å². The maximum absolute atomic E-state index is 14.0. The molecule has 1 saturated heterocycles. The Morgan fingerprint density at radius 2 is 1.94 bits per heavy atom. The highest BCUT2D eigenvalue weighted by atomic mass is 16.7. The minimum absolute atomic E-state index is 0.0205. The highest BCUT2D eigenvalue weighted by Gasteiger charge is 2.43. The first kappa shape index (κ1) is 36.8. The van der Waals surface area contributed by atoms with E-state index < -0.39 is 6.04 Å². The van der Waals surface area contributed by atoms with Crippen LogP contribution in [0, 0.1) is 11.8 Å². The van der Waals surface area contributed by atoms with E-state index in [1.807, 2.05) is 50.2 Å². The van der Waals surface area contributed by atoms with Crippen molar-refractivity contribution in [1.29, 1.82) is 0 Å². The summed E-state index contributed by atoms with van der Waals surface area (Å²) in [6.07, 6.45) is 10.2. The second kappa shape index (κ2) is 18.0. The van der Waals surface area contributed by atoms with Crippen molar-refractivity contribution >= 4 is 17.5 Å². The van der Waals surface area contributed by atoms with E-state index >= 15 is 0 Å². The maximum atomic E-state index is 14.0. The fraction of sp³-hybridized carbons (Fsp3) is 0.657. The second-order valence-electron chi connectivity index (χ2n) is 13.3. The fourth-order valence-electron chi connectivity index (χ4n) is 7.43. The van der Waals surface area contributed by atoms with Crippen LogP contribution in [0.15, 0.2) is 42.1 Å². The Bertz CT molecular complexity index is 1230. The van der Waals surface area contributed by atoms with Crippen LogP contribution in [0.25, 0.3) is 0 Å². The molecule has 6 atom stereocenters. The number of methoxy groups -OCH3 is 1. The van der Waals surface area contributed by atoms with Crippen LogP contribution in [0.2, 0.25) is 0 Å². The summed E-state index contributed by atoms with van der Waals surface area (Å²) in [5.41, 5.74) is 9.15. The Kier molecular flexibility index (Phi) is 14.1. The van der Waals surface area contributed by atoms with E-state index in [0.717, 1.165) is 49.2 Å². The van der Waals surface area contributed by atoms with E-state index in [4.69, 9.17) is 15.3 Å². The number of benzene rings is 1. The number of hydrogen-bond donors (Lipinski definition) is 5. The van der Waals surface area contributed by atoms with Crippen molar-refractivity contribution in [2.24, 2.45) is 17.6 Å². The van der Waals surface area contributed by atoms with E-state index in [9.17, 15) is 19.8 Å². The average Bonchev–Trinajstić information content (AvgIpc) is 3.47. The van der Waals surface area contributed by atoms with Crippen LogP contribution in [0.1, 0.15) is 60.9 Å². The zero-order valence-corrected chi connectivity index (χ0v) is 28.6. The van der Waals surface area contributed by atoms with Crippen LogP contribution in [0.4, 0.5) is 5.69 Å². The number of ether oxygens (including phenoxy) is 1. The monoisotopic (exact) mass is 656 g/mol.